The Morgan fingerprint density at radius 2 is 2.19 bits per heavy atom. The van der Waals surface area contributed by atoms with Crippen molar-refractivity contribution in [2.45, 2.75) is 12.5 Å². The van der Waals surface area contributed by atoms with Crippen LogP contribution in [0.4, 0.5) is 0 Å². The Morgan fingerprint density at radius 1 is 1.50 bits per heavy atom. The van der Waals surface area contributed by atoms with E-state index in [9.17, 15) is 4.79 Å². The lowest BCUT2D eigenvalue weighted by Gasteiger charge is -2.12. The van der Waals surface area contributed by atoms with Crippen molar-refractivity contribution in [1.29, 1.82) is 0 Å². The van der Waals surface area contributed by atoms with Gasteiger partial charge in [0.1, 0.15) is 6.10 Å². The van der Waals surface area contributed by atoms with Gasteiger partial charge in [0.2, 0.25) is 0 Å². The highest BCUT2D eigenvalue weighted by atomic mass is 127. The summed E-state index contributed by atoms with van der Waals surface area (Å²) in [5.74, 6) is -0.299. The minimum absolute atomic E-state index is 0.175. The summed E-state index contributed by atoms with van der Waals surface area (Å²) in [7, 11) is 0. The molecule has 1 aromatic carbocycles. The fourth-order valence-electron chi connectivity index (χ4n) is 1.09. The fourth-order valence-corrected chi connectivity index (χ4v) is 1.72. The minimum Gasteiger partial charge on any atom is -0.458 e. The van der Waals surface area contributed by atoms with E-state index in [0.29, 0.717) is 17.3 Å². The van der Waals surface area contributed by atoms with Gasteiger partial charge in [-0.05, 0) is 12.1 Å². The number of ether oxygens (including phenoxy) is 1. The van der Waals surface area contributed by atoms with Crippen LogP contribution in [0, 0.1) is 0 Å². The average molecular weight is 396 g/mol. The van der Waals surface area contributed by atoms with Crippen molar-refractivity contribution in [3.8, 4) is 0 Å². The molecule has 1 atom stereocenters. The zero-order chi connectivity index (χ0) is 11.8. The van der Waals surface area contributed by atoms with E-state index < -0.39 is 0 Å². The first-order chi connectivity index (χ1) is 7.77. The molecule has 16 heavy (non-hydrogen) atoms. The van der Waals surface area contributed by atoms with Gasteiger partial charge in [-0.15, -0.1) is 0 Å². The first kappa shape index (κ1) is 13.6. The highest BCUT2D eigenvalue weighted by Crippen LogP contribution is 2.08. The third-order valence-corrected chi connectivity index (χ3v) is 3.01. The van der Waals surface area contributed by atoms with Gasteiger partial charge < -0.3 is 4.74 Å². The second kappa shape index (κ2) is 7.78. The van der Waals surface area contributed by atoms with Crippen LogP contribution in [0.25, 0.3) is 0 Å². The lowest BCUT2D eigenvalue weighted by molar-refractivity contribution is 0.0369. The second-order valence-electron chi connectivity index (χ2n) is 3.06. The van der Waals surface area contributed by atoms with Crippen LogP contribution in [0.15, 0.2) is 33.5 Å². The highest BCUT2D eigenvalue weighted by molar-refractivity contribution is 14.1. The molecule has 0 saturated heterocycles. The quantitative estimate of drug-likeness (QED) is 0.331. The summed E-state index contributed by atoms with van der Waals surface area (Å²) >= 11 is 5.20. The third-order valence-electron chi connectivity index (χ3n) is 1.89. The van der Waals surface area contributed by atoms with Crippen LogP contribution in [-0.2, 0) is 4.74 Å². The molecule has 0 radical (unpaired) electrons. The minimum atomic E-state index is -0.299. The van der Waals surface area contributed by atoms with E-state index in [0.717, 1.165) is 0 Å². The molecule has 0 unspecified atom stereocenters. The van der Waals surface area contributed by atoms with Gasteiger partial charge in [-0.3, -0.25) is 0 Å². The molecule has 0 aliphatic rings. The number of alkyl halides is 1. The molecule has 1 aromatic rings. The van der Waals surface area contributed by atoms with Crippen molar-refractivity contribution in [2.75, 3.05) is 5.33 Å². The van der Waals surface area contributed by atoms with Gasteiger partial charge in [-0.2, -0.15) is 0 Å². The second-order valence-corrected chi connectivity index (χ2v) is 4.27. The van der Waals surface area contributed by atoms with Crippen LogP contribution in [0.3, 0.4) is 0 Å². The van der Waals surface area contributed by atoms with E-state index in [1.54, 1.807) is 18.3 Å². The smallest absolute Gasteiger partial charge is 0.338 e. The number of carbonyl (C=O) groups excluding carboxylic acids is 1. The number of halogens is 2. The molecule has 0 bridgehead atoms. The molecule has 0 aliphatic carbocycles. The lowest BCUT2D eigenvalue weighted by Crippen LogP contribution is -2.20. The summed E-state index contributed by atoms with van der Waals surface area (Å²) in [5.41, 5.74) is 0.569. The van der Waals surface area contributed by atoms with Gasteiger partial charge in [0.25, 0.3) is 0 Å². The summed E-state index contributed by atoms with van der Waals surface area (Å²) in [4.78, 5) is 11.7. The zero-order valence-corrected chi connectivity index (χ0v) is 12.2. The Labute approximate surface area is 117 Å². The Bertz CT molecular complexity index is 356. The Kier molecular flexibility index (Phi) is 6.63. The van der Waals surface area contributed by atoms with Crippen LogP contribution in [0.5, 0.6) is 0 Å². The Morgan fingerprint density at radius 3 is 2.75 bits per heavy atom. The van der Waals surface area contributed by atoms with Gasteiger partial charge in [-0.25, -0.2) is 8.00 Å². The Hall–Kier alpha value is -0.430. The van der Waals surface area contributed by atoms with Crippen molar-refractivity contribution >= 4 is 51.0 Å². The predicted octanol–water partition coefficient (Wildman–Crippen LogP) is 3.42. The molecular weight excluding hydrogens is 385 g/mol. The fraction of sp³-hybridized carbons (Fsp3) is 0.273. The van der Waals surface area contributed by atoms with Crippen LogP contribution >= 0.6 is 38.8 Å². The maximum Gasteiger partial charge on any atom is 0.338 e. The molecule has 3 nitrogen and oxygen atoms in total. The zero-order valence-electron chi connectivity index (χ0n) is 8.48. The number of nitrogens with zero attached hydrogens (tertiary/aromatic N) is 1. The molecule has 0 fully saturated rings. The van der Waals surface area contributed by atoms with Crippen molar-refractivity contribution in [3.63, 3.8) is 0 Å². The van der Waals surface area contributed by atoms with Crippen LogP contribution < -0.4 is 0 Å². The van der Waals surface area contributed by atoms with Crippen molar-refractivity contribution in [2.24, 2.45) is 3.21 Å². The van der Waals surface area contributed by atoms with E-state index in [1.165, 1.54) is 0 Å². The van der Waals surface area contributed by atoms with E-state index >= 15 is 0 Å². The largest absolute Gasteiger partial charge is 0.458 e. The number of hydrogen-bond acceptors (Lipinski definition) is 3. The van der Waals surface area contributed by atoms with Gasteiger partial charge in [0.05, 0.1) is 28.4 Å². The number of rotatable bonds is 5. The maximum absolute atomic E-state index is 11.7. The van der Waals surface area contributed by atoms with Gasteiger partial charge in [0, 0.05) is 18.0 Å². The van der Waals surface area contributed by atoms with Gasteiger partial charge in [-0.1, -0.05) is 34.1 Å². The lowest BCUT2D eigenvalue weighted by atomic mass is 10.2. The number of carbonyl (C=O) groups is 1. The summed E-state index contributed by atoms with van der Waals surface area (Å²) in [6, 6.07) is 8.96. The molecule has 0 spiro atoms. The standard InChI is InChI=1S/C11H11BrINO2/c12-8-10(6-7-14-13)16-11(15)9-4-2-1-3-5-9/h1-5,7,10H,6,8H2/t10-/m0/s1. The molecule has 1 rings (SSSR count). The number of hydrogen-bond donors (Lipinski definition) is 0. The van der Waals surface area contributed by atoms with Crippen LogP contribution in [0.2, 0.25) is 0 Å². The average Bonchev–Trinajstić information content (AvgIpc) is 2.35. The monoisotopic (exact) mass is 395 g/mol. The number of benzene rings is 1. The molecule has 0 heterocycles. The first-order valence-electron chi connectivity index (χ1n) is 4.72. The van der Waals surface area contributed by atoms with E-state index in [4.69, 9.17) is 4.74 Å². The van der Waals surface area contributed by atoms with Crippen molar-refractivity contribution in [3.05, 3.63) is 35.9 Å². The highest BCUT2D eigenvalue weighted by Gasteiger charge is 2.13. The summed E-state index contributed by atoms with van der Waals surface area (Å²) in [6.07, 6.45) is 2.17. The molecule has 86 valence electrons. The topological polar surface area (TPSA) is 38.7 Å². The SMILES string of the molecule is O=C(O[C@H](CBr)CC=NI)c1ccccc1. The molecule has 5 heteroatoms. The van der Waals surface area contributed by atoms with Crippen molar-refractivity contribution in [1.82, 2.24) is 0 Å². The normalized spacial score (nSPS) is 12.6. The first-order valence-corrected chi connectivity index (χ1v) is 6.81. The van der Waals surface area contributed by atoms with E-state index in [1.807, 2.05) is 41.1 Å². The molecular formula is C11H11BrINO2. The molecule has 0 amide bonds. The van der Waals surface area contributed by atoms with Gasteiger partial charge in [0.15, 0.2) is 0 Å². The summed E-state index contributed by atoms with van der Waals surface area (Å²) < 4.78 is 9.14. The maximum atomic E-state index is 11.7. The van der Waals surface area contributed by atoms with E-state index in [-0.39, 0.29) is 12.1 Å². The molecule has 0 aromatic heterocycles. The molecule has 0 saturated carbocycles. The summed E-state index contributed by atoms with van der Waals surface area (Å²) in [6.45, 7) is 0. The van der Waals surface area contributed by atoms with Crippen LogP contribution in [-0.4, -0.2) is 23.6 Å². The third kappa shape index (κ3) is 4.61. The van der Waals surface area contributed by atoms with Crippen molar-refractivity contribution < 1.29 is 9.53 Å². The predicted molar refractivity (Wildman–Crippen MR) is 76.6 cm³/mol. The summed E-state index contributed by atoms with van der Waals surface area (Å²) in [5, 5.41) is 0.605. The van der Waals surface area contributed by atoms with E-state index in [2.05, 4.69) is 19.1 Å². The Balaban J connectivity index is 2.55. The molecule has 0 aliphatic heterocycles. The molecule has 0 N–H and O–H groups in total. The number of esters is 1. The van der Waals surface area contributed by atoms with Crippen LogP contribution in [0.1, 0.15) is 16.8 Å². The van der Waals surface area contributed by atoms with Gasteiger partial charge >= 0.3 is 5.97 Å².